The zero-order valence-corrected chi connectivity index (χ0v) is 30.1. The largest absolute Gasteiger partial charge is 0.496 e. The maximum absolute atomic E-state index is 14.0. The number of carbonyl (C=O) groups is 3. The van der Waals surface area contributed by atoms with Gasteiger partial charge in [0.2, 0.25) is 5.95 Å². The SMILES string of the molecule is CCN(OC(=O)c1ccccc1)C(=O)c1cc(-c2nc(N3C=C4CN(C(=O)OC(C)(C)C)CC4C3)nc3c2ncn3C2CCCCO2)ccc1OC. The van der Waals surface area contributed by atoms with Crippen molar-refractivity contribution in [2.75, 3.05) is 44.8 Å². The summed E-state index contributed by atoms with van der Waals surface area (Å²) in [5.74, 6) is -0.334. The summed E-state index contributed by atoms with van der Waals surface area (Å²) in [6.07, 6.45) is 6.04. The number of rotatable bonds is 7. The maximum atomic E-state index is 14.0. The second-order valence-electron chi connectivity index (χ2n) is 14.1. The Morgan fingerprint density at radius 1 is 1.04 bits per heavy atom. The summed E-state index contributed by atoms with van der Waals surface area (Å²) < 4.78 is 19.3. The molecule has 2 aromatic heterocycles. The van der Waals surface area contributed by atoms with Gasteiger partial charge in [-0.25, -0.2) is 19.6 Å². The molecular weight excluding hydrogens is 666 g/mol. The van der Waals surface area contributed by atoms with Gasteiger partial charge in [0.05, 0.1) is 31.1 Å². The molecular formula is C38H43N7O7. The van der Waals surface area contributed by atoms with E-state index in [1.54, 1.807) is 60.6 Å². The van der Waals surface area contributed by atoms with Crippen molar-refractivity contribution < 1.29 is 33.4 Å². The van der Waals surface area contributed by atoms with Crippen molar-refractivity contribution in [3.05, 3.63) is 77.8 Å². The average molecular weight is 710 g/mol. The van der Waals surface area contributed by atoms with Gasteiger partial charge in [0.1, 0.15) is 28.8 Å². The van der Waals surface area contributed by atoms with E-state index in [0.717, 1.165) is 29.9 Å². The van der Waals surface area contributed by atoms with E-state index in [1.807, 2.05) is 42.5 Å². The smallest absolute Gasteiger partial charge is 0.410 e. The van der Waals surface area contributed by atoms with Gasteiger partial charge >= 0.3 is 12.1 Å². The van der Waals surface area contributed by atoms with Gasteiger partial charge in [-0.15, -0.1) is 0 Å². The number of likely N-dealkylation sites (tertiary alicyclic amines) is 1. The van der Waals surface area contributed by atoms with E-state index in [0.29, 0.717) is 65.9 Å². The lowest BCUT2D eigenvalue weighted by atomic mass is 10.1. The Kier molecular flexibility index (Phi) is 9.58. The van der Waals surface area contributed by atoms with Crippen molar-refractivity contribution in [2.45, 2.75) is 58.8 Å². The summed E-state index contributed by atoms with van der Waals surface area (Å²) in [5, 5.41) is 1.02. The number of hydrogen-bond donors (Lipinski definition) is 0. The third-order valence-electron chi connectivity index (χ3n) is 9.28. The third kappa shape index (κ3) is 7.02. The number of imidazole rings is 1. The molecule has 0 N–H and O–H groups in total. The highest BCUT2D eigenvalue weighted by atomic mass is 16.7. The first kappa shape index (κ1) is 34.9. The summed E-state index contributed by atoms with van der Waals surface area (Å²) in [6.45, 7) is 9.64. The highest BCUT2D eigenvalue weighted by Crippen LogP contribution is 2.37. The van der Waals surface area contributed by atoms with Gasteiger partial charge in [0.25, 0.3) is 5.91 Å². The second-order valence-corrected chi connectivity index (χ2v) is 14.1. The molecule has 5 heterocycles. The normalized spacial score (nSPS) is 18.6. The van der Waals surface area contributed by atoms with Crippen LogP contribution in [0.5, 0.6) is 5.75 Å². The molecule has 272 valence electrons. The van der Waals surface area contributed by atoms with E-state index >= 15 is 0 Å². The van der Waals surface area contributed by atoms with Crippen LogP contribution in [0.25, 0.3) is 22.4 Å². The summed E-state index contributed by atoms with van der Waals surface area (Å²) >= 11 is 0. The van der Waals surface area contributed by atoms with Gasteiger partial charge in [0, 0.05) is 43.9 Å². The van der Waals surface area contributed by atoms with Gasteiger partial charge in [-0.05, 0) is 82.9 Å². The first-order valence-corrected chi connectivity index (χ1v) is 17.6. The minimum Gasteiger partial charge on any atom is -0.496 e. The molecule has 2 unspecified atom stereocenters. The molecule has 0 bridgehead atoms. The van der Waals surface area contributed by atoms with E-state index in [1.165, 1.54) is 7.11 Å². The van der Waals surface area contributed by atoms with Crippen molar-refractivity contribution in [3.8, 4) is 17.0 Å². The lowest BCUT2D eigenvalue weighted by Gasteiger charge is -2.25. The van der Waals surface area contributed by atoms with Crippen LogP contribution in [0.15, 0.2) is 66.6 Å². The van der Waals surface area contributed by atoms with Crippen LogP contribution in [0.4, 0.5) is 10.7 Å². The zero-order chi connectivity index (χ0) is 36.6. The molecule has 2 saturated heterocycles. The van der Waals surface area contributed by atoms with Crippen LogP contribution in [-0.4, -0.2) is 92.9 Å². The number of aromatic nitrogens is 4. The number of nitrogens with zero attached hydrogens (tertiary/aromatic N) is 7. The molecule has 0 saturated carbocycles. The van der Waals surface area contributed by atoms with Gasteiger partial charge in [-0.3, -0.25) is 9.36 Å². The molecule has 0 radical (unpaired) electrons. The second kappa shape index (κ2) is 14.3. The van der Waals surface area contributed by atoms with Gasteiger partial charge < -0.3 is 28.8 Å². The highest BCUT2D eigenvalue weighted by Gasteiger charge is 2.38. The molecule has 3 aliphatic rings. The summed E-state index contributed by atoms with van der Waals surface area (Å²) in [4.78, 5) is 63.8. The number of benzene rings is 2. The number of anilines is 1. The van der Waals surface area contributed by atoms with Crippen molar-refractivity contribution in [3.63, 3.8) is 0 Å². The summed E-state index contributed by atoms with van der Waals surface area (Å²) in [7, 11) is 1.48. The fraction of sp³-hybridized carbons (Fsp3) is 0.421. The van der Waals surface area contributed by atoms with Crippen molar-refractivity contribution in [2.24, 2.45) is 5.92 Å². The fourth-order valence-electron chi connectivity index (χ4n) is 6.74. The highest BCUT2D eigenvalue weighted by molar-refractivity contribution is 6.00. The standard InChI is InChI=1S/C38H43N7O7/c1-6-45(52-35(47)24-12-8-7-9-13-24)34(46)28-18-25(15-16-29(28)49-5)31-32-33(44(23-39-32)30-14-10-11-17-50-30)41-36(40-31)42-19-26-21-43(22-27(26)20-42)37(48)51-38(2,3)4/h7-9,12-13,15-16,18-19,23,27,30H,6,10-11,14,17,20-22H2,1-5H3. The number of methoxy groups -OCH3 is 1. The van der Waals surface area contributed by atoms with E-state index in [2.05, 4.69) is 0 Å². The van der Waals surface area contributed by atoms with Crippen LogP contribution in [0.3, 0.4) is 0 Å². The minimum absolute atomic E-state index is 0.102. The number of hydrogen-bond acceptors (Lipinski definition) is 11. The molecule has 14 nitrogen and oxygen atoms in total. The lowest BCUT2D eigenvalue weighted by Crippen LogP contribution is -2.36. The molecule has 2 aromatic carbocycles. The summed E-state index contributed by atoms with van der Waals surface area (Å²) in [6, 6.07) is 13.7. The zero-order valence-electron chi connectivity index (χ0n) is 30.1. The minimum atomic E-state index is -0.651. The van der Waals surface area contributed by atoms with Gasteiger partial charge in [0.15, 0.2) is 5.65 Å². The monoisotopic (exact) mass is 709 g/mol. The van der Waals surface area contributed by atoms with E-state index in [4.69, 9.17) is 34.0 Å². The Morgan fingerprint density at radius 3 is 2.54 bits per heavy atom. The molecule has 4 aromatic rings. The van der Waals surface area contributed by atoms with Crippen molar-refractivity contribution in [1.29, 1.82) is 0 Å². The number of hydroxylamine groups is 2. The van der Waals surface area contributed by atoms with Crippen LogP contribution in [0, 0.1) is 5.92 Å². The summed E-state index contributed by atoms with van der Waals surface area (Å²) in [5.41, 5.74) is 3.30. The molecule has 0 aliphatic carbocycles. The molecule has 14 heteroatoms. The Labute approximate surface area is 301 Å². The number of fused-ring (bicyclic) bond motifs is 2. The van der Waals surface area contributed by atoms with E-state index in [-0.39, 0.29) is 30.3 Å². The molecule has 2 amide bonds. The van der Waals surface area contributed by atoms with Crippen LogP contribution >= 0.6 is 0 Å². The van der Waals surface area contributed by atoms with Crippen LogP contribution < -0.4 is 9.64 Å². The van der Waals surface area contributed by atoms with Crippen molar-refractivity contribution >= 4 is 35.1 Å². The molecule has 2 fully saturated rings. The number of carbonyl (C=O) groups excluding carboxylic acids is 3. The fourth-order valence-corrected chi connectivity index (χ4v) is 6.74. The molecule has 52 heavy (non-hydrogen) atoms. The Bertz CT molecular complexity index is 2020. The first-order chi connectivity index (χ1) is 25.0. The quantitative estimate of drug-likeness (QED) is 0.209. The Balaban J connectivity index is 1.25. The van der Waals surface area contributed by atoms with Crippen molar-refractivity contribution in [1.82, 2.24) is 29.5 Å². The molecule has 2 atom stereocenters. The van der Waals surface area contributed by atoms with E-state index < -0.39 is 17.5 Å². The van der Waals surface area contributed by atoms with Crippen LogP contribution in [0.2, 0.25) is 0 Å². The topological polar surface area (TPSA) is 141 Å². The predicted molar refractivity (Wildman–Crippen MR) is 191 cm³/mol. The Morgan fingerprint density at radius 2 is 1.85 bits per heavy atom. The van der Waals surface area contributed by atoms with E-state index in [9.17, 15) is 14.4 Å². The number of ether oxygens (including phenoxy) is 3. The average Bonchev–Trinajstić information content (AvgIpc) is 3.87. The van der Waals surface area contributed by atoms with Crippen LogP contribution in [-0.2, 0) is 14.3 Å². The predicted octanol–water partition coefficient (Wildman–Crippen LogP) is 6.01. The first-order valence-electron chi connectivity index (χ1n) is 17.6. The van der Waals surface area contributed by atoms with Crippen LogP contribution in [0.1, 0.15) is 73.9 Å². The molecule has 0 spiro atoms. The third-order valence-corrected chi connectivity index (χ3v) is 9.28. The lowest BCUT2D eigenvalue weighted by molar-refractivity contribution is -0.0787. The Hall–Kier alpha value is -5.50. The molecule has 7 rings (SSSR count). The van der Waals surface area contributed by atoms with Gasteiger partial charge in [-0.1, -0.05) is 18.2 Å². The van der Waals surface area contributed by atoms with Gasteiger partial charge in [-0.2, -0.15) is 10.0 Å². The maximum Gasteiger partial charge on any atom is 0.410 e. The number of amides is 2. The molecule has 3 aliphatic heterocycles.